The van der Waals surface area contributed by atoms with E-state index < -0.39 is 26.0 Å². The summed E-state index contributed by atoms with van der Waals surface area (Å²) >= 11 is 0. The highest BCUT2D eigenvalue weighted by Crippen LogP contribution is 2.23. The molecular weight excluding hydrogens is 466 g/mol. The lowest BCUT2D eigenvalue weighted by Crippen LogP contribution is -2.41. The molecule has 1 amide bonds. The normalized spacial score (nSPS) is 14.7. The number of hydrogen-bond donors (Lipinski definition) is 1. The monoisotopic (exact) mass is 495 g/mol. The number of anilines is 1. The summed E-state index contributed by atoms with van der Waals surface area (Å²) < 4.78 is 57.6. The number of aryl methyl sites for hydroxylation is 1. The van der Waals surface area contributed by atoms with Crippen LogP contribution in [0, 0.1) is 6.92 Å². The number of ether oxygens (including phenoxy) is 1. The van der Waals surface area contributed by atoms with Gasteiger partial charge in [0.05, 0.1) is 23.4 Å². The Morgan fingerprint density at radius 2 is 1.67 bits per heavy atom. The molecule has 2 aromatic carbocycles. The van der Waals surface area contributed by atoms with Crippen LogP contribution in [0.4, 0.5) is 5.69 Å². The van der Waals surface area contributed by atoms with Gasteiger partial charge in [-0.2, -0.15) is 4.31 Å². The van der Waals surface area contributed by atoms with Gasteiger partial charge < -0.3 is 10.1 Å². The van der Waals surface area contributed by atoms with E-state index in [0.29, 0.717) is 24.5 Å². The smallest absolute Gasteiger partial charge is 0.243 e. The van der Waals surface area contributed by atoms with Crippen molar-refractivity contribution in [1.29, 1.82) is 0 Å². The molecule has 3 rings (SSSR count). The number of para-hydroxylation sites is 1. The maximum absolute atomic E-state index is 12.6. The molecule has 11 heteroatoms. The van der Waals surface area contributed by atoms with E-state index in [1.165, 1.54) is 16.4 Å². The van der Waals surface area contributed by atoms with E-state index in [-0.39, 0.29) is 24.6 Å². The van der Waals surface area contributed by atoms with Gasteiger partial charge in [0.25, 0.3) is 0 Å². The van der Waals surface area contributed by atoms with E-state index in [2.05, 4.69) is 5.32 Å². The summed E-state index contributed by atoms with van der Waals surface area (Å²) in [6.45, 7) is 2.83. The molecule has 1 aliphatic heterocycles. The molecule has 0 aliphatic carbocycles. The highest BCUT2D eigenvalue weighted by molar-refractivity contribution is 7.92. The Morgan fingerprint density at radius 1 is 1.03 bits per heavy atom. The second-order valence-electron chi connectivity index (χ2n) is 7.84. The fraction of sp³-hybridized carbons (Fsp3) is 0.409. The van der Waals surface area contributed by atoms with Crippen LogP contribution in [0.25, 0.3) is 0 Å². The first-order chi connectivity index (χ1) is 15.6. The topological polar surface area (TPSA) is 113 Å². The van der Waals surface area contributed by atoms with Gasteiger partial charge in [-0.3, -0.25) is 9.10 Å². The number of amides is 1. The predicted molar refractivity (Wildman–Crippen MR) is 126 cm³/mol. The number of carbonyl (C=O) groups is 1. The predicted octanol–water partition coefficient (Wildman–Crippen LogP) is 1.74. The van der Waals surface area contributed by atoms with Crippen LogP contribution in [0.1, 0.15) is 18.4 Å². The first-order valence-corrected chi connectivity index (χ1v) is 13.9. The highest BCUT2D eigenvalue weighted by Gasteiger charge is 2.27. The molecule has 33 heavy (non-hydrogen) atoms. The molecule has 1 saturated heterocycles. The van der Waals surface area contributed by atoms with Gasteiger partial charge in [-0.25, -0.2) is 16.8 Å². The van der Waals surface area contributed by atoms with Crippen molar-refractivity contribution < 1.29 is 26.4 Å². The van der Waals surface area contributed by atoms with Crippen LogP contribution in [0.5, 0.6) is 5.75 Å². The van der Waals surface area contributed by atoms with E-state index in [0.717, 1.165) is 29.0 Å². The Balaban J connectivity index is 1.50. The van der Waals surface area contributed by atoms with Crippen molar-refractivity contribution in [3.63, 3.8) is 0 Å². The van der Waals surface area contributed by atoms with Gasteiger partial charge in [-0.1, -0.05) is 18.2 Å². The van der Waals surface area contributed by atoms with Crippen LogP contribution in [-0.2, 0) is 24.8 Å². The van der Waals surface area contributed by atoms with E-state index in [1.54, 1.807) is 43.3 Å². The fourth-order valence-electron chi connectivity index (χ4n) is 3.56. The molecule has 1 fully saturated rings. The SMILES string of the molecule is Cc1ccccc1N(CC(=O)NCCOc1ccc(S(=O)(=O)N2CCCC2)cc1)S(C)(=O)=O. The van der Waals surface area contributed by atoms with Gasteiger partial charge in [-0.05, 0) is 55.7 Å². The minimum Gasteiger partial charge on any atom is -0.492 e. The fourth-order valence-corrected chi connectivity index (χ4v) is 5.99. The van der Waals surface area contributed by atoms with Crippen LogP contribution >= 0.6 is 0 Å². The van der Waals surface area contributed by atoms with Gasteiger partial charge in [0.15, 0.2) is 0 Å². The number of hydrogen-bond acceptors (Lipinski definition) is 6. The number of carbonyl (C=O) groups excluding carboxylic acids is 1. The Labute approximate surface area is 195 Å². The summed E-state index contributed by atoms with van der Waals surface area (Å²) in [6, 6.07) is 13.1. The Hall–Kier alpha value is -2.63. The van der Waals surface area contributed by atoms with Crippen LogP contribution in [0.3, 0.4) is 0 Å². The molecule has 0 aromatic heterocycles. The van der Waals surface area contributed by atoms with Crippen molar-refractivity contribution in [1.82, 2.24) is 9.62 Å². The molecule has 180 valence electrons. The molecule has 1 N–H and O–H groups in total. The van der Waals surface area contributed by atoms with Crippen LogP contribution in [0.2, 0.25) is 0 Å². The molecule has 0 spiro atoms. The summed E-state index contributed by atoms with van der Waals surface area (Å²) in [5, 5.41) is 2.64. The number of sulfonamides is 2. The molecule has 0 saturated carbocycles. The van der Waals surface area contributed by atoms with E-state index in [4.69, 9.17) is 4.74 Å². The van der Waals surface area contributed by atoms with Crippen molar-refractivity contribution in [3.8, 4) is 5.75 Å². The van der Waals surface area contributed by atoms with E-state index in [1.807, 2.05) is 0 Å². The van der Waals surface area contributed by atoms with Crippen LogP contribution < -0.4 is 14.4 Å². The number of benzene rings is 2. The van der Waals surface area contributed by atoms with E-state index >= 15 is 0 Å². The molecule has 0 atom stereocenters. The lowest BCUT2D eigenvalue weighted by Gasteiger charge is -2.23. The summed E-state index contributed by atoms with van der Waals surface area (Å²) in [5.41, 5.74) is 1.20. The number of rotatable bonds is 10. The first-order valence-electron chi connectivity index (χ1n) is 10.6. The average molecular weight is 496 g/mol. The van der Waals surface area contributed by atoms with Crippen molar-refractivity contribution in [2.75, 3.05) is 43.3 Å². The van der Waals surface area contributed by atoms with Gasteiger partial charge in [0.2, 0.25) is 26.0 Å². The van der Waals surface area contributed by atoms with Gasteiger partial charge in [0, 0.05) is 13.1 Å². The maximum Gasteiger partial charge on any atom is 0.243 e. The van der Waals surface area contributed by atoms with Gasteiger partial charge in [0.1, 0.15) is 18.9 Å². The molecule has 9 nitrogen and oxygen atoms in total. The zero-order chi connectivity index (χ0) is 24.1. The largest absolute Gasteiger partial charge is 0.492 e. The quantitative estimate of drug-likeness (QED) is 0.503. The Bertz CT molecular complexity index is 1170. The molecule has 0 radical (unpaired) electrons. The second-order valence-corrected chi connectivity index (χ2v) is 11.7. The zero-order valence-corrected chi connectivity index (χ0v) is 20.4. The second kappa shape index (κ2) is 10.5. The van der Waals surface area contributed by atoms with Gasteiger partial charge >= 0.3 is 0 Å². The van der Waals surface area contributed by atoms with Crippen LogP contribution in [0.15, 0.2) is 53.4 Å². The minimum atomic E-state index is -3.64. The van der Waals surface area contributed by atoms with E-state index in [9.17, 15) is 21.6 Å². The first kappa shape index (κ1) is 25.0. The van der Waals surface area contributed by atoms with Crippen molar-refractivity contribution >= 4 is 31.6 Å². The Kier molecular flexibility index (Phi) is 7.98. The van der Waals surface area contributed by atoms with Gasteiger partial charge in [-0.15, -0.1) is 0 Å². The third-order valence-electron chi connectivity index (χ3n) is 5.29. The summed E-state index contributed by atoms with van der Waals surface area (Å²) in [4.78, 5) is 12.6. The number of nitrogens with zero attached hydrogens (tertiary/aromatic N) is 2. The molecule has 1 aliphatic rings. The maximum atomic E-state index is 12.6. The van der Waals surface area contributed by atoms with Crippen molar-refractivity contribution in [2.24, 2.45) is 0 Å². The third kappa shape index (κ3) is 6.46. The molecule has 0 bridgehead atoms. The summed E-state index contributed by atoms with van der Waals surface area (Å²) in [6.07, 6.45) is 2.81. The summed E-state index contributed by atoms with van der Waals surface area (Å²) in [5.74, 6) is 0.0154. The minimum absolute atomic E-state index is 0.146. The standard InChI is InChI=1S/C22H29N3O6S2/c1-18-7-3-4-8-21(18)25(32(2,27)28)17-22(26)23-13-16-31-19-9-11-20(12-10-19)33(29,30)24-14-5-6-15-24/h3-4,7-12H,5-6,13-17H2,1-2H3,(H,23,26). The Morgan fingerprint density at radius 3 is 2.27 bits per heavy atom. The van der Waals surface area contributed by atoms with Crippen LogP contribution in [-0.4, -0.2) is 66.1 Å². The number of nitrogens with one attached hydrogen (secondary N) is 1. The van der Waals surface area contributed by atoms with Crippen molar-refractivity contribution in [3.05, 3.63) is 54.1 Å². The lowest BCUT2D eigenvalue weighted by atomic mass is 10.2. The molecule has 1 heterocycles. The van der Waals surface area contributed by atoms with Crippen molar-refractivity contribution in [2.45, 2.75) is 24.7 Å². The average Bonchev–Trinajstić information content (AvgIpc) is 3.31. The molecule has 2 aromatic rings. The lowest BCUT2D eigenvalue weighted by molar-refractivity contribution is -0.119. The third-order valence-corrected chi connectivity index (χ3v) is 8.33. The molecule has 0 unspecified atom stereocenters. The molecular formula is C22H29N3O6S2. The summed E-state index contributed by atoms with van der Waals surface area (Å²) in [7, 11) is -7.12. The highest BCUT2D eigenvalue weighted by atomic mass is 32.2. The zero-order valence-electron chi connectivity index (χ0n) is 18.7.